The maximum Gasteiger partial charge on any atom is 0.516 e. The summed E-state index contributed by atoms with van der Waals surface area (Å²) in [7, 11) is 0. The number of carbonyl (C=O) groups is 3. The number of hydrogen-bond donors (Lipinski definition) is 1. The molecule has 1 aromatic rings. The van der Waals surface area contributed by atoms with E-state index in [2.05, 4.69) is 14.8 Å². The van der Waals surface area contributed by atoms with Crippen LogP contribution in [0.5, 0.6) is 0 Å². The topological polar surface area (TPSA) is 90.9 Å². The average Bonchev–Trinajstić information content (AvgIpc) is 2.51. The Balaban J connectivity index is 2.07. The highest BCUT2D eigenvalue weighted by Crippen LogP contribution is 2.00. The summed E-state index contributed by atoms with van der Waals surface area (Å²) >= 11 is 0. The van der Waals surface area contributed by atoms with E-state index in [4.69, 9.17) is 4.74 Å². The van der Waals surface area contributed by atoms with Gasteiger partial charge < -0.3 is 19.5 Å². The van der Waals surface area contributed by atoms with E-state index >= 15 is 0 Å². The Kier molecular flexibility index (Phi) is 8.29. The first-order chi connectivity index (χ1) is 10.6. The predicted octanol–water partition coefficient (Wildman–Crippen LogP) is 1.41. The molecule has 120 valence electrons. The van der Waals surface area contributed by atoms with Crippen LogP contribution in [0.1, 0.15) is 18.9 Å². The number of ether oxygens (including phenoxy) is 3. The molecule has 0 fully saturated rings. The van der Waals surface area contributed by atoms with E-state index in [-0.39, 0.29) is 32.7 Å². The summed E-state index contributed by atoms with van der Waals surface area (Å²) in [5.41, 5.74) is 0.897. The van der Waals surface area contributed by atoms with Gasteiger partial charge in [0, 0.05) is 6.54 Å². The molecular weight excluding hydrogens is 290 g/mol. The summed E-state index contributed by atoms with van der Waals surface area (Å²) in [4.78, 5) is 33.5. The number of nitrogens with one attached hydrogen (secondary N) is 1. The molecule has 0 aromatic heterocycles. The highest BCUT2D eigenvalue weighted by molar-refractivity contribution is 5.81. The fraction of sp³-hybridized carbons (Fsp3) is 0.400. The predicted molar refractivity (Wildman–Crippen MR) is 76.8 cm³/mol. The summed E-state index contributed by atoms with van der Waals surface area (Å²) in [5, 5.41) is 2.73. The molecule has 0 bridgehead atoms. The van der Waals surface area contributed by atoms with Gasteiger partial charge in [0.1, 0.15) is 6.61 Å². The largest absolute Gasteiger partial charge is 0.516 e. The molecule has 0 amide bonds. The van der Waals surface area contributed by atoms with Crippen molar-refractivity contribution in [3.05, 3.63) is 35.9 Å². The number of benzene rings is 1. The van der Waals surface area contributed by atoms with E-state index in [9.17, 15) is 14.4 Å². The van der Waals surface area contributed by atoms with Crippen LogP contribution in [0.3, 0.4) is 0 Å². The van der Waals surface area contributed by atoms with Crippen molar-refractivity contribution in [2.45, 2.75) is 20.0 Å². The number of esters is 2. The maximum absolute atomic E-state index is 11.4. The van der Waals surface area contributed by atoms with Crippen LogP contribution in [0.2, 0.25) is 0 Å². The van der Waals surface area contributed by atoms with Gasteiger partial charge in [-0.2, -0.15) is 0 Å². The van der Waals surface area contributed by atoms with Gasteiger partial charge >= 0.3 is 18.1 Å². The van der Waals surface area contributed by atoms with E-state index in [1.54, 1.807) is 6.92 Å². The highest BCUT2D eigenvalue weighted by atomic mass is 16.7. The summed E-state index contributed by atoms with van der Waals surface area (Å²) < 4.78 is 13.8. The Hall–Kier alpha value is -2.41. The standard InChI is InChI=1S/C15H19NO6/c1-2-20-15(19)22-13(17)8-9-16-10-14(18)21-11-12-6-4-3-5-7-12/h3-7,16H,2,8-11H2,1H3. The minimum atomic E-state index is -1.02. The van der Waals surface area contributed by atoms with Crippen molar-refractivity contribution in [1.82, 2.24) is 5.32 Å². The lowest BCUT2D eigenvalue weighted by Gasteiger charge is -2.06. The number of hydrogen-bond acceptors (Lipinski definition) is 7. The van der Waals surface area contributed by atoms with E-state index in [1.165, 1.54) is 0 Å². The minimum absolute atomic E-state index is 0.0283. The van der Waals surface area contributed by atoms with Gasteiger partial charge in [-0.15, -0.1) is 0 Å². The Bertz CT molecular complexity index is 488. The van der Waals surface area contributed by atoms with Crippen molar-refractivity contribution < 1.29 is 28.6 Å². The molecule has 7 heteroatoms. The molecule has 1 rings (SSSR count). The molecule has 0 saturated heterocycles. The second kappa shape index (κ2) is 10.3. The molecule has 0 heterocycles. The maximum atomic E-state index is 11.4. The molecule has 0 aliphatic carbocycles. The first-order valence-corrected chi connectivity index (χ1v) is 6.89. The third-order valence-corrected chi connectivity index (χ3v) is 2.48. The average molecular weight is 309 g/mol. The van der Waals surface area contributed by atoms with Crippen LogP contribution in [0.15, 0.2) is 30.3 Å². The van der Waals surface area contributed by atoms with Crippen molar-refractivity contribution in [3.63, 3.8) is 0 Å². The lowest BCUT2D eigenvalue weighted by Crippen LogP contribution is -2.27. The van der Waals surface area contributed by atoms with E-state index < -0.39 is 18.1 Å². The Labute approximate surface area is 128 Å². The first-order valence-electron chi connectivity index (χ1n) is 6.89. The van der Waals surface area contributed by atoms with Crippen LogP contribution < -0.4 is 5.32 Å². The van der Waals surface area contributed by atoms with E-state index in [0.29, 0.717) is 0 Å². The normalized spacial score (nSPS) is 9.86. The van der Waals surface area contributed by atoms with Crippen LogP contribution in [0, 0.1) is 0 Å². The van der Waals surface area contributed by atoms with Crippen LogP contribution in [0.4, 0.5) is 4.79 Å². The molecule has 1 aromatic carbocycles. The van der Waals surface area contributed by atoms with Crippen molar-refractivity contribution in [2.75, 3.05) is 19.7 Å². The van der Waals surface area contributed by atoms with Crippen molar-refractivity contribution >= 4 is 18.1 Å². The zero-order valence-corrected chi connectivity index (χ0v) is 12.4. The molecule has 1 N–H and O–H groups in total. The third-order valence-electron chi connectivity index (χ3n) is 2.48. The third kappa shape index (κ3) is 8.01. The highest BCUT2D eigenvalue weighted by Gasteiger charge is 2.11. The zero-order chi connectivity index (χ0) is 16.2. The molecule has 0 spiro atoms. The Morgan fingerprint density at radius 2 is 1.77 bits per heavy atom. The van der Waals surface area contributed by atoms with E-state index in [1.807, 2.05) is 30.3 Å². The molecular formula is C15H19NO6. The van der Waals surface area contributed by atoms with Crippen LogP contribution in [-0.4, -0.2) is 37.8 Å². The SMILES string of the molecule is CCOC(=O)OC(=O)CCNCC(=O)OCc1ccccc1. The Morgan fingerprint density at radius 3 is 2.45 bits per heavy atom. The van der Waals surface area contributed by atoms with Gasteiger partial charge in [-0.25, -0.2) is 4.79 Å². The number of carbonyl (C=O) groups excluding carboxylic acids is 3. The molecule has 0 aliphatic heterocycles. The lowest BCUT2D eigenvalue weighted by atomic mass is 10.2. The zero-order valence-electron chi connectivity index (χ0n) is 12.4. The summed E-state index contributed by atoms with van der Waals surface area (Å²) in [6, 6.07) is 9.30. The smallest absolute Gasteiger partial charge is 0.460 e. The molecule has 0 atom stereocenters. The number of rotatable bonds is 8. The quantitative estimate of drug-likeness (QED) is 0.441. The van der Waals surface area contributed by atoms with E-state index in [0.717, 1.165) is 5.56 Å². The molecule has 22 heavy (non-hydrogen) atoms. The van der Waals surface area contributed by atoms with Gasteiger partial charge in [0.25, 0.3) is 0 Å². The fourth-order valence-corrected chi connectivity index (χ4v) is 1.46. The first kappa shape index (κ1) is 17.6. The summed E-state index contributed by atoms with van der Waals surface area (Å²) in [5.74, 6) is -1.15. The van der Waals surface area contributed by atoms with Crippen LogP contribution in [-0.2, 0) is 30.4 Å². The van der Waals surface area contributed by atoms with Gasteiger partial charge in [0.15, 0.2) is 0 Å². The van der Waals surface area contributed by atoms with Gasteiger partial charge in [0.05, 0.1) is 19.6 Å². The Morgan fingerprint density at radius 1 is 1.05 bits per heavy atom. The molecule has 0 radical (unpaired) electrons. The van der Waals surface area contributed by atoms with Gasteiger partial charge in [-0.05, 0) is 12.5 Å². The molecule has 0 unspecified atom stereocenters. The second-order valence-electron chi connectivity index (χ2n) is 4.23. The van der Waals surface area contributed by atoms with Crippen LogP contribution >= 0.6 is 0 Å². The monoisotopic (exact) mass is 309 g/mol. The summed E-state index contributed by atoms with van der Waals surface area (Å²) in [6.07, 6.45) is -1.07. The van der Waals surface area contributed by atoms with Gasteiger partial charge in [-0.1, -0.05) is 30.3 Å². The van der Waals surface area contributed by atoms with Crippen molar-refractivity contribution in [3.8, 4) is 0 Å². The fourth-order valence-electron chi connectivity index (χ4n) is 1.46. The lowest BCUT2D eigenvalue weighted by molar-refractivity contribution is -0.144. The van der Waals surface area contributed by atoms with Crippen LogP contribution in [0.25, 0.3) is 0 Å². The summed E-state index contributed by atoms with van der Waals surface area (Å²) in [6.45, 7) is 2.11. The molecule has 0 saturated carbocycles. The van der Waals surface area contributed by atoms with Gasteiger partial charge in [0.2, 0.25) is 0 Å². The van der Waals surface area contributed by atoms with Crippen molar-refractivity contribution in [1.29, 1.82) is 0 Å². The van der Waals surface area contributed by atoms with Gasteiger partial charge in [-0.3, -0.25) is 9.59 Å². The second-order valence-corrected chi connectivity index (χ2v) is 4.23. The molecule has 0 aliphatic rings. The molecule has 7 nitrogen and oxygen atoms in total. The van der Waals surface area contributed by atoms with Crippen molar-refractivity contribution in [2.24, 2.45) is 0 Å². The minimum Gasteiger partial charge on any atom is -0.460 e.